The smallest absolute Gasteiger partial charge is 0.278 e. The highest BCUT2D eigenvalue weighted by molar-refractivity contribution is 6.28. The second-order valence-electron chi connectivity index (χ2n) is 2.38. The lowest BCUT2D eigenvalue weighted by Gasteiger charge is -1.91. The van der Waals surface area contributed by atoms with Crippen LogP contribution in [0.25, 0.3) is 11.2 Å². The lowest BCUT2D eigenvalue weighted by molar-refractivity contribution is 0.938. The molecule has 0 saturated carbocycles. The Labute approximate surface area is 72.0 Å². The van der Waals surface area contributed by atoms with Crippen LogP contribution in [0.5, 0.6) is 0 Å². The summed E-state index contributed by atoms with van der Waals surface area (Å²) in [6.45, 7) is 0. The van der Waals surface area contributed by atoms with Gasteiger partial charge in [-0.05, 0) is 11.6 Å². The summed E-state index contributed by atoms with van der Waals surface area (Å²) in [5.74, 6) is 0. The maximum atomic E-state index is 11.2. The number of aromatic amines is 1. The van der Waals surface area contributed by atoms with Crippen LogP contribution < -0.4 is 5.56 Å². The maximum Gasteiger partial charge on any atom is 0.278 e. The van der Waals surface area contributed by atoms with Gasteiger partial charge in [0.1, 0.15) is 0 Å². The van der Waals surface area contributed by atoms with E-state index in [0.717, 1.165) is 0 Å². The van der Waals surface area contributed by atoms with Crippen LogP contribution in [0.4, 0.5) is 0 Å². The van der Waals surface area contributed by atoms with E-state index in [9.17, 15) is 4.79 Å². The molecule has 0 fully saturated rings. The van der Waals surface area contributed by atoms with Crippen molar-refractivity contribution in [1.29, 1.82) is 0 Å². The highest BCUT2D eigenvalue weighted by Crippen LogP contribution is 2.04. The molecule has 0 atom stereocenters. The predicted octanol–water partition coefficient (Wildman–Crippen LogP) is 0.310. The number of nitrogens with zero attached hydrogens (tertiary/aromatic N) is 3. The van der Waals surface area contributed by atoms with Gasteiger partial charge in [0.25, 0.3) is 5.56 Å². The number of halogens is 1. The van der Waals surface area contributed by atoms with Gasteiger partial charge in [-0.2, -0.15) is 4.98 Å². The summed E-state index contributed by atoms with van der Waals surface area (Å²) in [5, 5.41) is 0.0613. The van der Waals surface area contributed by atoms with Gasteiger partial charge < -0.3 is 4.57 Å². The van der Waals surface area contributed by atoms with Gasteiger partial charge in [0, 0.05) is 7.05 Å². The van der Waals surface area contributed by atoms with Crippen LogP contribution in [-0.2, 0) is 7.05 Å². The Morgan fingerprint density at radius 3 is 3.17 bits per heavy atom. The van der Waals surface area contributed by atoms with Gasteiger partial charge in [0.2, 0.25) is 5.28 Å². The van der Waals surface area contributed by atoms with Gasteiger partial charge in [-0.1, -0.05) is 0 Å². The van der Waals surface area contributed by atoms with Crippen LogP contribution >= 0.6 is 11.6 Å². The Balaban J connectivity index is 3.03. The molecular weight excluding hydrogens is 180 g/mol. The van der Waals surface area contributed by atoms with Crippen molar-refractivity contribution in [3.8, 4) is 0 Å². The van der Waals surface area contributed by atoms with E-state index in [-0.39, 0.29) is 10.8 Å². The normalized spacial score (nSPS) is 10.8. The van der Waals surface area contributed by atoms with Gasteiger partial charge >= 0.3 is 0 Å². The van der Waals surface area contributed by atoms with E-state index in [1.54, 1.807) is 11.6 Å². The number of aromatic nitrogens is 4. The van der Waals surface area contributed by atoms with E-state index in [4.69, 9.17) is 11.6 Å². The van der Waals surface area contributed by atoms with Crippen molar-refractivity contribution in [3.63, 3.8) is 0 Å². The van der Waals surface area contributed by atoms with E-state index in [1.165, 1.54) is 6.33 Å². The maximum absolute atomic E-state index is 11.2. The van der Waals surface area contributed by atoms with Crippen molar-refractivity contribution < 1.29 is 0 Å². The highest BCUT2D eigenvalue weighted by atomic mass is 35.5. The minimum Gasteiger partial charge on any atom is -0.328 e. The van der Waals surface area contributed by atoms with Gasteiger partial charge in [-0.3, -0.25) is 9.78 Å². The highest BCUT2D eigenvalue weighted by Gasteiger charge is 2.05. The third-order valence-electron chi connectivity index (χ3n) is 1.55. The average Bonchev–Trinajstić information content (AvgIpc) is 2.31. The second kappa shape index (κ2) is 2.31. The Morgan fingerprint density at radius 2 is 2.42 bits per heavy atom. The van der Waals surface area contributed by atoms with E-state index >= 15 is 0 Å². The first-order chi connectivity index (χ1) is 5.68. The molecule has 0 bridgehead atoms. The number of aryl methyl sites for hydroxylation is 1. The Kier molecular flexibility index (Phi) is 1.41. The molecule has 0 unspecified atom stereocenters. The number of rotatable bonds is 0. The summed E-state index contributed by atoms with van der Waals surface area (Å²) in [6, 6.07) is 0. The van der Waals surface area contributed by atoms with Crippen LogP contribution in [0, 0.1) is 0 Å². The molecule has 0 radical (unpaired) electrons. The molecule has 6 heteroatoms. The average molecular weight is 185 g/mol. The summed E-state index contributed by atoms with van der Waals surface area (Å²) < 4.78 is 1.59. The van der Waals surface area contributed by atoms with Gasteiger partial charge in [0.05, 0.1) is 6.33 Å². The molecule has 2 heterocycles. The van der Waals surface area contributed by atoms with Crippen molar-refractivity contribution in [3.05, 3.63) is 22.0 Å². The van der Waals surface area contributed by atoms with Crippen LogP contribution in [0.1, 0.15) is 0 Å². The number of H-pyrrole nitrogens is 1. The van der Waals surface area contributed by atoms with Crippen molar-refractivity contribution in [2.45, 2.75) is 0 Å². The minimum absolute atomic E-state index is 0.0613. The summed E-state index contributed by atoms with van der Waals surface area (Å²) in [6.07, 6.45) is 1.52. The fourth-order valence-electron chi connectivity index (χ4n) is 1.04. The first-order valence-corrected chi connectivity index (χ1v) is 3.63. The number of nitrogens with one attached hydrogen (secondary N) is 1. The molecule has 0 spiro atoms. The zero-order valence-corrected chi connectivity index (χ0v) is 6.96. The van der Waals surface area contributed by atoms with Gasteiger partial charge in [-0.25, -0.2) is 4.98 Å². The van der Waals surface area contributed by atoms with Crippen molar-refractivity contribution in [1.82, 2.24) is 19.5 Å². The quantitative estimate of drug-likeness (QED) is 0.600. The molecule has 2 aromatic heterocycles. The molecule has 5 nitrogen and oxygen atoms in total. The lowest BCUT2D eigenvalue weighted by Crippen LogP contribution is -2.10. The Hall–Kier alpha value is -1.36. The first kappa shape index (κ1) is 7.30. The van der Waals surface area contributed by atoms with Gasteiger partial charge in [0.15, 0.2) is 11.2 Å². The van der Waals surface area contributed by atoms with E-state index < -0.39 is 0 Å². The lowest BCUT2D eigenvalue weighted by atomic mass is 10.5. The molecule has 2 aromatic rings. The molecule has 62 valence electrons. The van der Waals surface area contributed by atoms with E-state index in [0.29, 0.717) is 11.2 Å². The number of hydrogen-bond acceptors (Lipinski definition) is 3. The molecular formula is C6H5ClN4O. The summed E-state index contributed by atoms with van der Waals surface area (Å²) in [4.78, 5) is 21.3. The van der Waals surface area contributed by atoms with Crippen molar-refractivity contribution in [2.24, 2.45) is 7.05 Å². The topological polar surface area (TPSA) is 63.6 Å². The first-order valence-electron chi connectivity index (χ1n) is 3.25. The molecule has 0 aliphatic carbocycles. The standard InChI is InChI=1S/C6H5ClN4O/c1-11-2-8-4-3(11)5(12)10-6(7)9-4/h2H,1H3,(H,9,10,12). The summed E-state index contributed by atoms with van der Waals surface area (Å²) in [7, 11) is 1.72. The van der Waals surface area contributed by atoms with E-state index in [2.05, 4.69) is 15.0 Å². The van der Waals surface area contributed by atoms with Crippen LogP contribution in [0.3, 0.4) is 0 Å². The van der Waals surface area contributed by atoms with Crippen LogP contribution in [0.2, 0.25) is 5.28 Å². The van der Waals surface area contributed by atoms with Crippen LogP contribution in [-0.4, -0.2) is 19.5 Å². The Morgan fingerprint density at radius 1 is 1.67 bits per heavy atom. The third-order valence-corrected chi connectivity index (χ3v) is 1.73. The zero-order valence-electron chi connectivity index (χ0n) is 6.21. The molecule has 12 heavy (non-hydrogen) atoms. The molecule has 0 aliphatic heterocycles. The molecule has 0 aliphatic rings. The van der Waals surface area contributed by atoms with Crippen molar-refractivity contribution in [2.75, 3.05) is 0 Å². The second-order valence-corrected chi connectivity index (χ2v) is 2.74. The number of imidazole rings is 1. The van der Waals surface area contributed by atoms with Crippen molar-refractivity contribution >= 4 is 22.8 Å². The summed E-state index contributed by atoms with van der Waals surface area (Å²) >= 11 is 5.52. The fraction of sp³-hybridized carbons (Fsp3) is 0.167. The monoisotopic (exact) mass is 184 g/mol. The molecule has 1 N–H and O–H groups in total. The van der Waals surface area contributed by atoms with Crippen LogP contribution in [0.15, 0.2) is 11.1 Å². The van der Waals surface area contributed by atoms with E-state index in [1.807, 2.05) is 0 Å². The third kappa shape index (κ3) is 0.902. The Bertz CT molecular complexity index is 486. The SMILES string of the molecule is Cn1cnc2nc(Cl)[nH]c(=O)c21. The predicted molar refractivity (Wildman–Crippen MR) is 44.1 cm³/mol. The molecule has 2 rings (SSSR count). The zero-order chi connectivity index (χ0) is 8.72. The number of fused-ring (bicyclic) bond motifs is 1. The largest absolute Gasteiger partial charge is 0.328 e. The molecule has 0 aromatic carbocycles. The number of hydrogen-bond donors (Lipinski definition) is 1. The fourth-order valence-corrected chi connectivity index (χ4v) is 1.20. The molecule has 0 amide bonds. The van der Waals surface area contributed by atoms with Gasteiger partial charge in [-0.15, -0.1) is 0 Å². The molecule has 0 saturated heterocycles. The minimum atomic E-state index is -0.273. The summed E-state index contributed by atoms with van der Waals surface area (Å²) in [5.41, 5.74) is 0.524.